The van der Waals surface area contributed by atoms with Crippen molar-refractivity contribution in [1.29, 1.82) is 0 Å². The molecule has 2 heterocycles. The molecule has 0 spiro atoms. The number of aromatic nitrogens is 2. The summed E-state index contributed by atoms with van der Waals surface area (Å²) in [5.74, 6) is 1.36. The summed E-state index contributed by atoms with van der Waals surface area (Å²) in [5.41, 5.74) is 6.34. The van der Waals surface area contributed by atoms with Gasteiger partial charge in [-0.2, -0.15) is 0 Å². The second kappa shape index (κ2) is 5.52. The van der Waals surface area contributed by atoms with Crippen LogP contribution in [0.3, 0.4) is 0 Å². The molecular weight excluding hydrogens is 276 g/mol. The first kappa shape index (κ1) is 16.7. The lowest BCUT2D eigenvalue weighted by Crippen LogP contribution is -2.41. The van der Waals surface area contributed by atoms with Crippen LogP contribution in [0.15, 0.2) is 6.07 Å². The van der Waals surface area contributed by atoms with Crippen molar-refractivity contribution in [3.8, 4) is 0 Å². The molecule has 1 aliphatic heterocycles. The van der Waals surface area contributed by atoms with Crippen LogP contribution in [0.5, 0.6) is 0 Å². The van der Waals surface area contributed by atoms with Crippen LogP contribution < -0.4 is 10.6 Å². The number of hydrogen-bond donors (Lipinski definition) is 1. The van der Waals surface area contributed by atoms with Gasteiger partial charge in [0.2, 0.25) is 5.91 Å². The monoisotopic (exact) mass is 304 g/mol. The highest BCUT2D eigenvalue weighted by atomic mass is 16.1. The van der Waals surface area contributed by atoms with Crippen molar-refractivity contribution < 1.29 is 4.79 Å². The van der Waals surface area contributed by atoms with Crippen LogP contribution in [0.25, 0.3) is 0 Å². The summed E-state index contributed by atoms with van der Waals surface area (Å²) in [6, 6.07) is 1.76. The third kappa shape index (κ3) is 3.39. The maximum atomic E-state index is 11.7. The van der Waals surface area contributed by atoms with E-state index in [1.807, 2.05) is 11.0 Å². The van der Waals surface area contributed by atoms with Gasteiger partial charge in [0.05, 0.1) is 5.69 Å². The van der Waals surface area contributed by atoms with Gasteiger partial charge in [-0.3, -0.25) is 4.79 Å². The van der Waals surface area contributed by atoms with E-state index in [1.54, 1.807) is 0 Å². The van der Waals surface area contributed by atoms with E-state index >= 15 is 0 Å². The molecule has 22 heavy (non-hydrogen) atoms. The van der Waals surface area contributed by atoms with Gasteiger partial charge in [-0.15, -0.1) is 0 Å². The van der Waals surface area contributed by atoms with Crippen molar-refractivity contribution in [3.63, 3.8) is 0 Å². The second-order valence-electron chi connectivity index (χ2n) is 8.19. The Labute approximate surface area is 133 Å². The molecule has 5 heteroatoms. The predicted octanol–water partition coefficient (Wildman–Crippen LogP) is 2.53. The first-order chi connectivity index (χ1) is 10.00. The topological polar surface area (TPSA) is 72.1 Å². The SMILES string of the molecule is CC(C)(C)c1cc(N2CCCC2C(N)=O)nc(C(C)(C)C)n1. The average Bonchev–Trinajstić information content (AvgIpc) is 2.85. The number of anilines is 1. The summed E-state index contributed by atoms with van der Waals surface area (Å²) in [6.07, 6.45) is 1.77. The summed E-state index contributed by atoms with van der Waals surface area (Å²) >= 11 is 0. The lowest BCUT2D eigenvalue weighted by Gasteiger charge is -2.28. The number of carbonyl (C=O) groups is 1. The third-order valence-corrected chi connectivity index (χ3v) is 4.03. The molecule has 0 aliphatic carbocycles. The van der Waals surface area contributed by atoms with Crippen molar-refractivity contribution in [3.05, 3.63) is 17.6 Å². The number of primary amides is 1. The van der Waals surface area contributed by atoms with Crippen LogP contribution in [-0.4, -0.2) is 28.5 Å². The normalized spacial score (nSPS) is 19.5. The fraction of sp³-hybridized carbons (Fsp3) is 0.706. The Morgan fingerprint density at radius 1 is 1.18 bits per heavy atom. The molecule has 2 rings (SSSR count). The van der Waals surface area contributed by atoms with Crippen molar-refractivity contribution in [2.24, 2.45) is 5.73 Å². The van der Waals surface area contributed by atoms with Gasteiger partial charge >= 0.3 is 0 Å². The van der Waals surface area contributed by atoms with Gasteiger partial charge in [-0.25, -0.2) is 9.97 Å². The molecule has 5 nitrogen and oxygen atoms in total. The van der Waals surface area contributed by atoms with Gasteiger partial charge in [0, 0.05) is 23.4 Å². The fourth-order valence-electron chi connectivity index (χ4n) is 2.64. The van der Waals surface area contributed by atoms with Gasteiger partial charge in [0.15, 0.2) is 0 Å². The lowest BCUT2D eigenvalue weighted by molar-refractivity contribution is -0.119. The molecular formula is C17H28N4O. The first-order valence-electron chi connectivity index (χ1n) is 7.96. The van der Waals surface area contributed by atoms with Crippen LogP contribution >= 0.6 is 0 Å². The maximum Gasteiger partial charge on any atom is 0.240 e. The Hall–Kier alpha value is -1.65. The van der Waals surface area contributed by atoms with Crippen molar-refractivity contribution in [2.75, 3.05) is 11.4 Å². The van der Waals surface area contributed by atoms with Crippen molar-refractivity contribution >= 4 is 11.7 Å². The molecule has 0 saturated carbocycles. The van der Waals surface area contributed by atoms with E-state index in [9.17, 15) is 4.79 Å². The smallest absolute Gasteiger partial charge is 0.240 e. The average molecular weight is 304 g/mol. The molecule has 1 aromatic heterocycles. The number of nitrogens with zero attached hydrogens (tertiary/aromatic N) is 3. The van der Waals surface area contributed by atoms with Crippen LogP contribution in [0.1, 0.15) is 65.9 Å². The molecule has 1 aliphatic rings. The zero-order valence-corrected chi connectivity index (χ0v) is 14.6. The summed E-state index contributed by atoms with van der Waals surface area (Å²) in [5, 5.41) is 0. The van der Waals surface area contributed by atoms with Crippen LogP contribution in [0, 0.1) is 0 Å². The minimum absolute atomic E-state index is 0.0698. The summed E-state index contributed by atoms with van der Waals surface area (Å²) < 4.78 is 0. The molecule has 0 bridgehead atoms. The molecule has 2 N–H and O–H groups in total. The standard InChI is InChI=1S/C17H28N4O/c1-16(2,3)12-10-13(20-15(19-12)17(4,5)6)21-9-7-8-11(21)14(18)22/h10-11H,7-9H2,1-6H3,(H2,18,22). The van der Waals surface area contributed by atoms with E-state index in [-0.39, 0.29) is 22.8 Å². The molecule has 1 amide bonds. The van der Waals surface area contributed by atoms with E-state index < -0.39 is 0 Å². The molecule has 0 radical (unpaired) electrons. The largest absolute Gasteiger partial charge is 0.368 e. The van der Waals surface area contributed by atoms with Gasteiger partial charge in [0.25, 0.3) is 0 Å². The van der Waals surface area contributed by atoms with Crippen LogP contribution in [0.4, 0.5) is 5.82 Å². The van der Waals surface area contributed by atoms with Gasteiger partial charge in [-0.05, 0) is 12.8 Å². The Kier molecular flexibility index (Phi) is 4.20. The van der Waals surface area contributed by atoms with Gasteiger partial charge < -0.3 is 10.6 Å². The second-order valence-corrected chi connectivity index (χ2v) is 8.19. The first-order valence-corrected chi connectivity index (χ1v) is 7.96. The lowest BCUT2D eigenvalue weighted by atomic mass is 9.90. The van der Waals surface area contributed by atoms with E-state index in [2.05, 4.69) is 41.5 Å². The Morgan fingerprint density at radius 3 is 2.32 bits per heavy atom. The van der Waals surface area contributed by atoms with Gasteiger partial charge in [0.1, 0.15) is 17.7 Å². The molecule has 1 saturated heterocycles. The minimum Gasteiger partial charge on any atom is -0.368 e. The molecule has 122 valence electrons. The van der Waals surface area contributed by atoms with Crippen molar-refractivity contribution in [2.45, 2.75) is 71.3 Å². The molecule has 1 aromatic rings. The number of amides is 1. The molecule has 1 fully saturated rings. The van der Waals surface area contributed by atoms with Crippen LogP contribution in [-0.2, 0) is 15.6 Å². The highest BCUT2D eigenvalue weighted by Crippen LogP contribution is 2.31. The van der Waals surface area contributed by atoms with E-state index in [0.29, 0.717) is 0 Å². The summed E-state index contributed by atoms with van der Waals surface area (Å²) in [4.78, 5) is 23.2. The predicted molar refractivity (Wildman–Crippen MR) is 89.0 cm³/mol. The van der Waals surface area contributed by atoms with Crippen molar-refractivity contribution in [1.82, 2.24) is 9.97 Å². The maximum absolute atomic E-state index is 11.7. The highest BCUT2D eigenvalue weighted by molar-refractivity contribution is 5.83. The zero-order valence-electron chi connectivity index (χ0n) is 14.6. The number of nitrogens with two attached hydrogens (primary N) is 1. The van der Waals surface area contributed by atoms with Gasteiger partial charge in [-0.1, -0.05) is 41.5 Å². The quantitative estimate of drug-likeness (QED) is 0.911. The van der Waals surface area contributed by atoms with E-state index in [4.69, 9.17) is 15.7 Å². The summed E-state index contributed by atoms with van der Waals surface area (Å²) in [7, 11) is 0. The molecule has 0 aromatic carbocycles. The minimum atomic E-state index is -0.272. The number of rotatable bonds is 2. The number of hydrogen-bond acceptors (Lipinski definition) is 4. The highest BCUT2D eigenvalue weighted by Gasteiger charge is 2.32. The van der Waals surface area contributed by atoms with E-state index in [0.717, 1.165) is 36.7 Å². The Morgan fingerprint density at radius 2 is 1.82 bits per heavy atom. The molecule has 1 atom stereocenters. The zero-order chi connectivity index (χ0) is 16.7. The molecule has 1 unspecified atom stereocenters. The fourth-order valence-corrected chi connectivity index (χ4v) is 2.64. The summed E-state index contributed by atoms with van der Waals surface area (Å²) in [6.45, 7) is 13.6. The van der Waals surface area contributed by atoms with Crippen LogP contribution in [0.2, 0.25) is 0 Å². The number of carbonyl (C=O) groups excluding carboxylic acids is 1. The Bertz CT molecular complexity index is 537. The van der Waals surface area contributed by atoms with E-state index in [1.165, 1.54) is 0 Å². The third-order valence-electron chi connectivity index (χ3n) is 4.03. The Balaban J connectivity index is 2.53.